The quantitative estimate of drug-likeness (QED) is 0.598. The van der Waals surface area contributed by atoms with Crippen LogP contribution in [0, 0.1) is 6.92 Å². The van der Waals surface area contributed by atoms with E-state index in [1.807, 2.05) is 6.92 Å². The molecule has 1 rings (SSSR count). The number of carbonyl (C=O) groups is 1. The number of carbonyl (C=O) groups excluding carboxylic acids is 1. The topological polar surface area (TPSA) is 44.1 Å². The SMILES string of the molecule is COC(=O)c1cc(C)nn1CCBr. The number of alkyl halides is 1. The fourth-order valence-electron chi connectivity index (χ4n) is 1.06. The number of hydrogen-bond acceptors (Lipinski definition) is 3. The van der Waals surface area contributed by atoms with Crippen molar-refractivity contribution in [1.82, 2.24) is 9.78 Å². The van der Waals surface area contributed by atoms with Crippen LogP contribution in [0.25, 0.3) is 0 Å². The molecule has 1 aromatic rings. The first-order valence-electron chi connectivity index (χ1n) is 3.87. The van der Waals surface area contributed by atoms with Gasteiger partial charge >= 0.3 is 5.97 Å². The maximum absolute atomic E-state index is 11.2. The van der Waals surface area contributed by atoms with Gasteiger partial charge in [-0.05, 0) is 13.0 Å². The first kappa shape index (κ1) is 10.2. The average molecular weight is 247 g/mol. The van der Waals surface area contributed by atoms with Gasteiger partial charge < -0.3 is 4.74 Å². The Kier molecular flexibility index (Phi) is 3.48. The van der Waals surface area contributed by atoms with E-state index in [2.05, 4.69) is 25.8 Å². The lowest BCUT2D eigenvalue weighted by atomic mass is 10.4. The van der Waals surface area contributed by atoms with Gasteiger partial charge in [0.25, 0.3) is 0 Å². The van der Waals surface area contributed by atoms with Gasteiger partial charge in [0.1, 0.15) is 5.69 Å². The Morgan fingerprint density at radius 3 is 3.00 bits per heavy atom. The van der Waals surface area contributed by atoms with E-state index in [-0.39, 0.29) is 5.97 Å². The van der Waals surface area contributed by atoms with Gasteiger partial charge in [0.15, 0.2) is 0 Å². The van der Waals surface area contributed by atoms with E-state index in [4.69, 9.17) is 0 Å². The van der Waals surface area contributed by atoms with E-state index in [9.17, 15) is 4.79 Å². The third-order valence-electron chi connectivity index (χ3n) is 1.59. The van der Waals surface area contributed by atoms with Gasteiger partial charge in [-0.2, -0.15) is 5.10 Å². The molecule has 72 valence electrons. The Labute approximate surface area is 85.0 Å². The number of hydrogen-bond donors (Lipinski definition) is 0. The molecule has 0 aliphatic heterocycles. The highest BCUT2D eigenvalue weighted by Gasteiger charge is 2.13. The van der Waals surface area contributed by atoms with Crippen LogP contribution in [-0.4, -0.2) is 28.2 Å². The molecule has 0 atom stereocenters. The van der Waals surface area contributed by atoms with E-state index < -0.39 is 0 Å². The molecule has 1 heterocycles. The third-order valence-corrected chi connectivity index (χ3v) is 1.95. The average Bonchev–Trinajstić information content (AvgIpc) is 2.46. The number of methoxy groups -OCH3 is 1. The molecular weight excluding hydrogens is 236 g/mol. The van der Waals surface area contributed by atoms with E-state index in [0.717, 1.165) is 11.0 Å². The second-order valence-electron chi connectivity index (χ2n) is 2.57. The van der Waals surface area contributed by atoms with E-state index in [1.54, 1.807) is 10.7 Å². The van der Waals surface area contributed by atoms with Crippen molar-refractivity contribution in [2.75, 3.05) is 12.4 Å². The Morgan fingerprint density at radius 2 is 2.46 bits per heavy atom. The van der Waals surface area contributed by atoms with Crippen LogP contribution in [-0.2, 0) is 11.3 Å². The molecule has 0 fully saturated rings. The highest BCUT2D eigenvalue weighted by Crippen LogP contribution is 2.05. The summed E-state index contributed by atoms with van der Waals surface area (Å²) in [6.07, 6.45) is 0. The Balaban J connectivity index is 2.96. The van der Waals surface area contributed by atoms with Gasteiger partial charge in [0, 0.05) is 5.33 Å². The zero-order chi connectivity index (χ0) is 9.84. The summed E-state index contributed by atoms with van der Waals surface area (Å²) < 4.78 is 6.26. The van der Waals surface area contributed by atoms with Crippen LogP contribution in [0.5, 0.6) is 0 Å². The molecule has 0 saturated carbocycles. The number of aromatic nitrogens is 2. The molecule has 0 aliphatic carbocycles. The summed E-state index contributed by atoms with van der Waals surface area (Å²) >= 11 is 3.29. The van der Waals surface area contributed by atoms with E-state index >= 15 is 0 Å². The van der Waals surface area contributed by atoms with Crippen molar-refractivity contribution < 1.29 is 9.53 Å². The van der Waals surface area contributed by atoms with Crippen molar-refractivity contribution in [3.63, 3.8) is 0 Å². The molecule has 0 radical (unpaired) electrons. The van der Waals surface area contributed by atoms with Crippen LogP contribution in [0.4, 0.5) is 0 Å². The smallest absolute Gasteiger partial charge is 0.356 e. The second-order valence-corrected chi connectivity index (χ2v) is 3.37. The zero-order valence-corrected chi connectivity index (χ0v) is 9.17. The minimum Gasteiger partial charge on any atom is -0.464 e. The molecule has 0 aromatic carbocycles. The Hall–Kier alpha value is -0.840. The lowest BCUT2D eigenvalue weighted by molar-refractivity contribution is 0.0587. The number of esters is 1. The normalized spacial score (nSPS) is 10.1. The number of nitrogens with zero attached hydrogens (tertiary/aromatic N) is 2. The van der Waals surface area contributed by atoms with Gasteiger partial charge in [-0.25, -0.2) is 4.79 Å². The predicted molar refractivity (Wildman–Crippen MR) is 52.1 cm³/mol. The molecule has 0 N–H and O–H groups in total. The summed E-state index contributed by atoms with van der Waals surface area (Å²) in [7, 11) is 1.36. The number of halogens is 1. The summed E-state index contributed by atoms with van der Waals surface area (Å²) in [5.74, 6) is -0.346. The fraction of sp³-hybridized carbons (Fsp3) is 0.500. The largest absolute Gasteiger partial charge is 0.464 e. The highest BCUT2D eigenvalue weighted by atomic mass is 79.9. The number of rotatable bonds is 3. The number of aryl methyl sites for hydroxylation is 2. The van der Waals surface area contributed by atoms with Crippen molar-refractivity contribution in [2.45, 2.75) is 13.5 Å². The van der Waals surface area contributed by atoms with Crippen LogP contribution in [0.3, 0.4) is 0 Å². The van der Waals surface area contributed by atoms with Crippen molar-refractivity contribution in [3.05, 3.63) is 17.5 Å². The summed E-state index contributed by atoms with van der Waals surface area (Å²) in [5, 5.41) is 4.92. The van der Waals surface area contributed by atoms with Gasteiger partial charge in [0.05, 0.1) is 19.3 Å². The summed E-state index contributed by atoms with van der Waals surface area (Å²) in [5.41, 5.74) is 1.32. The monoisotopic (exact) mass is 246 g/mol. The molecule has 0 amide bonds. The zero-order valence-electron chi connectivity index (χ0n) is 7.58. The first-order chi connectivity index (χ1) is 6.19. The van der Waals surface area contributed by atoms with Crippen molar-refractivity contribution >= 4 is 21.9 Å². The molecule has 0 saturated heterocycles. The van der Waals surface area contributed by atoms with Crippen molar-refractivity contribution in [3.8, 4) is 0 Å². The third kappa shape index (κ3) is 2.30. The lowest BCUT2D eigenvalue weighted by Crippen LogP contribution is -2.12. The van der Waals surface area contributed by atoms with Gasteiger partial charge in [-0.1, -0.05) is 15.9 Å². The van der Waals surface area contributed by atoms with E-state index in [0.29, 0.717) is 12.2 Å². The van der Waals surface area contributed by atoms with Crippen LogP contribution >= 0.6 is 15.9 Å². The second kappa shape index (κ2) is 4.41. The van der Waals surface area contributed by atoms with Crippen LogP contribution in [0.2, 0.25) is 0 Å². The molecule has 1 aromatic heterocycles. The molecule has 0 aliphatic rings. The maximum Gasteiger partial charge on any atom is 0.356 e. The maximum atomic E-state index is 11.2. The molecule has 0 bridgehead atoms. The molecule has 13 heavy (non-hydrogen) atoms. The minimum atomic E-state index is -0.346. The van der Waals surface area contributed by atoms with Gasteiger partial charge in [-0.3, -0.25) is 4.68 Å². The summed E-state index contributed by atoms with van der Waals surface area (Å²) in [6.45, 7) is 2.51. The van der Waals surface area contributed by atoms with Gasteiger partial charge in [-0.15, -0.1) is 0 Å². The Morgan fingerprint density at radius 1 is 1.77 bits per heavy atom. The lowest BCUT2D eigenvalue weighted by Gasteiger charge is -2.02. The highest BCUT2D eigenvalue weighted by molar-refractivity contribution is 9.09. The summed E-state index contributed by atoms with van der Waals surface area (Å²) in [4.78, 5) is 11.2. The van der Waals surface area contributed by atoms with E-state index in [1.165, 1.54) is 7.11 Å². The fourth-order valence-corrected chi connectivity index (χ4v) is 1.40. The molecule has 0 spiro atoms. The molecule has 0 unspecified atom stereocenters. The standard InChI is InChI=1S/C8H11BrN2O2/c1-6-5-7(8(12)13-2)11(10-6)4-3-9/h5H,3-4H2,1-2H3. The number of ether oxygens (including phenoxy) is 1. The van der Waals surface area contributed by atoms with Gasteiger partial charge in [0.2, 0.25) is 0 Å². The Bertz CT molecular complexity index is 309. The minimum absolute atomic E-state index is 0.346. The van der Waals surface area contributed by atoms with Crippen molar-refractivity contribution in [2.24, 2.45) is 0 Å². The van der Waals surface area contributed by atoms with Crippen LogP contribution in [0.15, 0.2) is 6.07 Å². The van der Waals surface area contributed by atoms with Crippen LogP contribution < -0.4 is 0 Å². The molecule has 4 nitrogen and oxygen atoms in total. The summed E-state index contributed by atoms with van der Waals surface area (Å²) in [6, 6.07) is 1.72. The predicted octanol–water partition coefficient (Wildman–Crippen LogP) is 1.37. The first-order valence-corrected chi connectivity index (χ1v) is 5.00. The van der Waals surface area contributed by atoms with Crippen molar-refractivity contribution in [1.29, 1.82) is 0 Å². The van der Waals surface area contributed by atoms with Crippen LogP contribution in [0.1, 0.15) is 16.2 Å². The molecular formula is C8H11BrN2O2. The molecule has 5 heteroatoms.